The molecule has 0 aliphatic rings. The second kappa shape index (κ2) is 13.2. The summed E-state index contributed by atoms with van der Waals surface area (Å²) in [4.78, 5) is 15.1. The van der Waals surface area contributed by atoms with Gasteiger partial charge >= 0.3 is 0 Å². The van der Waals surface area contributed by atoms with Crippen LogP contribution in [0.25, 0.3) is 0 Å². The van der Waals surface area contributed by atoms with E-state index in [-0.39, 0.29) is 5.92 Å². The highest BCUT2D eigenvalue weighted by molar-refractivity contribution is 6.30. The highest BCUT2D eigenvalue weighted by atomic mass is 35.5. The van der Waals surface area contributed by atoms with Crippen LogP contribution in [0.15, 0.2) is 24.3 Å². The highest BCUT2D eigenvalue weighted by Crippen LogP contribution is 2.23. The Bertz CT molecular complexity index is 499. The van der Waals surface area contributed by atoms with E-state index in [4.69, 9.17) is 11.6 Å². The molecule has 0 aromatic heterocycles. The van der Waals surface area contributed by atoms with Gasteiger partial charge in [-0.2, -0.15) is 0 Å². The Morgan fingerprint density at radius 3 is 2.15 bits per heavy atom. The van der Waals surface area contributed by atoms with Crippen LogP contribution in [-0.4, -0.2) is 23.9 Å². The van der Waals surface area contributed by atoms with Crippen molar-refractivity contribution in [1.82, 2.24) is 4.90 Å². The fraction of sp³-hybridized carbons (Fsp3) is 0.696. The van der Waals surface area contributed by atoms with Crippen molar-refractivity contribution in [2.75, 3.05) is 13.1 Å². The zero-order valence-electron chi connectivity index (χ0n) is 17.3. The summed E-state index contributed by atoms with van der Waals surface area (Å²) >= 11 is 5.98. The number of hydrogen-bond donors (Lipinski definition) is 0. The summed E-state index contributed by atoms with van der Waals surface area (Å²) in [6, 6.07) is 8.16. The minimum Gasteiger partial charge on any atom is -0.342 e. The normalized spacial score (nSPS) is 13.4. The van der Waals surface area contributed by atoms with E-state index in [2.05, 4.69) is 44.7 Å². The van der Waals surface area contributed by atoms with Gasteiger partial charge in [-0.3, -0.25) is 4.79 Å². The Morgan fingerprint density at radius 1 is 0.962 bits per heavy atom. The fourth-order valence-corrected chi connectivity index (χ4v) is 3.56. The van der Waals surface area contributed by atoms with Crippen LogP contribution in [0.1, 0.15) is 90.5 Å². The molecule has 1 rings (SSSR count). The minimum atomic E-state index is 0.209. The van der Waals surface area contributed by atoms with Gasteiger partial charge in [0.2, 0.25) is 5.91 Å². The number of carbonyl (C=O) groups excluding carboxylic acids is 1. The first-order valence-corrected chi connectivity index (χ1v) is 10.9. The third-order valence-electron chi connectivity index (χ3n) is 5.35. The van der Waals surface area contributed by atoms with E-state index in [0.29, 0.717) is 11.8 Å². The maximum atomic E-state index is 13.0. The molecule has 148 valence electrons. The second-order valence-corrected chi connectivity index (χ2v) is 7.96. The maximum absolute atomic E-state index is 13.0. The number of benzene rings is 1. The van der Waals surface area contributed by atoms with Gasteiger partial charge in [-0.15, -0.1) is 0 Å². The van der Waals surface area contributed by atoms with E-state index in [1.807, 2.05) is 12.1 Å². The molecule has 0 spiro atoms. The summed E-state index contributed by atoms with van der Waals surface area (Å²) in [5, 5.41) is 0.787. The molecule has 1 aromatic carbocycles. The monoisotopic (exact) mass is 379 g/mol. The topological polar surface area (TPSA) is 20.3 Å². The average Bonchev–Trinajstić information content (AvgIpc) is 2.65. The number of halogens is 1. The smallest absolute Gasteiger partial charge is 0.225 e. The molecule has 1 amide bonds. The number of nitrogens with zero attached hydrogens (tertiary/aromatic N) is 1. The van der Waals surface area contributed by atoms with Crippen LogP contribution >= 0.6 is 11.6 Å². The summed E-state index contributed by atoms with van der Waals surface area (Å²) in [5.74, 6) is 1.09. The lowest BCUT2D eigenvalue weighted by Gasteiger charge is -2.27. The van der Waals surface area contributed by atoms with Crippen molar-refractivity contribution in [3.8, 4) is 0 Å². The van der Waals surface area contributed by atoms with Gasteiger partial charge in [0.05, 0.1) is 0 Å². The minimum absolute atomic E-state index is 0.209. The average molecular weight is 380 g/mol. The van der Waals surface area contributed by atoms with Crippen LogP contribution in [0, 0.1) is 5.92 Å². The first-order valence-electron chi connectivity index (χ1n) is 10.6. The van der Waals surface area contributed by atoms with Crippen molar-refractivity contribution in [2.45, 2.75) is 85.0 Å². The molecule has 0 saturated heterocycles. The zero-order chi connectivity index (χ0) is 19.4. The van der Waals surface area contributed by atoms with E-state index in [0.717, 1.165) is 69.5 Å². The Hall–Kier alpha value is -1.02. The first-order chi connectivity index (χ1) is 12.5. The molecule has 1 unspecified atom stereocenters. The molecule has 2 nitrogen and oxygen atoms in total. The maximum Gasteiger partial charge on any atom is 0.225 e. The quantitative estimate of drug-likeness (QED) is 0.359. The molecule has 1 aromatic rings. The first kappa shape index (κ1) is 23.0. The SMILES string of the molecule is CCCC[C@@H](CC)C(=O)N(CCCC)CCCC(C)c1ccc(Cl)cc1. The lowest BCUT2D eigenvalue weighted by atomic mass is 9.95. The molecule has 0 radical (unpaired) electrons. The summed E-state index contributed by atoms with van der Waals surface area (Å²) < 4.78 is 0. The Morgan fingerprint density at radius 2 is 1.58 bits per heavy atom. The highest BCUT2D eigenvalue weighted by Gasteiger charge is 2.22. The van der Waals surface area contributed by atoms with Crippen LogP contribution in [0.2, 0.25) is 5.02 Å². The Balaban J connectivity index is 2.57. The van der Waals surface area contributed by atoms with Gasteiger partial charge in [0.15, 0.2) is 0 Å². The number of rotatable bonds is 13. The summed E-state index contributed by atoms with van der Waals surface area (Å²) in [5.41, 5.74) is 1.33. The van der Waals surface area contributed by atoms with Gasteiger partial charge in [-0.1, -0.05) is 70.7 Å². The van der Waals surface area contributed by atoms with Crippen LogP contribution in [0.3, 0.4) is 0 Å². The predicted octanol–water partition coefficient (Wildman–Crippen LogP) is 7.07. The van der Waals surface area contributed by atoms with E-state index in [1.165, 1.54) is 5.56 Å². The molecule has 0 heterocycles. The van der Waals surface area contributed by atoms with Gasteiger partial charge in [0.1, 0.15) is 0 Å². The van der Waals surface area contributed by atoms with E-state index in [1.54, 1.807) is 0 Å². The van der Waals surface area contributed by atoms with Crippen molar-refractivity contribution in [3.63, 3.8) is 0 Å². The van der Waals surface area contributed by atoms with E-state index < -0.39 is 0 Å². The van der Waals surface area contributed by atoms with Crippen LogP contribution < -0.4 is 0 Å². The fourth-order valence-electron chi connectivity index (χ4n) is 3.44. The largest absolute Gasteiger partial charge is 0.342 e. The molecule has 0 bridgehead atoms. The lowest BCUT2D eigenvalue weighted by Crippen LogP contribution is -2.37. The van der Waals surface area contributed by atoms with Crippen LogP contribution in [-0.2, 0) is 4.79 Å². The van der Waals surface area contributed by atoms with Gasteiger partial charge in [0, 0.05) is 24.0 Å². The van der Waals surface area contributed by atoms with Gasteiger partial charge < -0.3 is 4.90 Å². The second-order valence-electron chi connectivity index (χ2n) is 7.52. The molecular weight excluding hydrogens is 342 g/mol. The third kappa shape index (κ3) is 8.12. The number of amides is 1. The van der Waals surface area contributed by atoms with Crippen molar-refractivity contribution < 1.29 is 4.79 Å². The van der Waals surface area contributed by atoms with Crippen molar-refractivity contribution in [1.29, 1.82) is 0 Å². The standard InChI is InChI=1S/C23H38ClNO/c1-5-8-12-20(7-3)23(26)25(17-9-6-2)18-10-11-19(4)21-13-15-22(24)16-14-21/h13-16,19-20H,5-12,17-18H2,1-4H3/t19?,20-/m1/s1. The Kier molecular flexibility index (Phi) is 11.7. The number of carbonyl (C=O) groups is 1. The molecule has 0 aliphatic carbocycles. The molecule has 0 aliphatic heterocycles. The lowest BCUT2D eigenvalue weighted by molar-refractivity contribution is -0.136. The summed E-state index contributed by atoms with van der Waals surface area (Å²) in [7, 11) is 0. The van der Waals surface area contributed by atoms with Gasteiger partial charge in [-0.25, -0.2) is 0 Å². The molecule has 2 atom stereocenters. The Labute approximate surface area is 166 Å². The van der Waals surface area contributed by atoms with Crippen LogP contribution in [0.4, 0.5) is 0 Å². The molecule has 3 heteroatoms. The molecular formula is C23H38ClNO. The van der Waals surface area contributed by atoms with Crippen molar-refractivity contribution in [3.05, 3.63) is 34.9 Å². The number of unbranched alkanes of at least 4 members (excludes halogenated alkanes) is 2. The third-order valence-corrected chi connectivity index (χ3v) is 5.60. The molecule has 26 heavy (non-hydrogen) atoms. The van der Waals surface area contributed by atoms with E-state index >= 15 is 0 Å². The number of hydrogen-bond acceptors (Lipinski definition) is 1. The molecule has 0 N–H and O–H groups in total. The van der Waals surface area contributed by atoms with Crippen molar-refractivity contribution >= 4 is 17.5 Å². The predicted molar refractivity (Wildman–Crippen MR) is 114 cm³/mol. The zero-order valence-corrected chi connectivity index (χ0v) is 18.0. The molecule has 0 fully saturated rings. The van der Waals surface area contributed by atoms with Crippen LogP contribution in [0.5, 0.6) is 0 Å². The van der Waals surface area contributed by atoms with E-state index in [9.17, 15) is 4.79 Å². The summed E-state index contributed by atoms with van der Waals surface area (Å²) in [6.07, 6.45) is 8.71. The summed E-state index contributed by atoms with van der Waals surface area (Å²) in [6.45, 7) is 10.6. The molecule has 0 saturated carbocycles. The van der Waals surface area contributed by atoms with Gasteiger partial charge in [-0.05, 0) is 55.7 Å². The van der Waals surface area contributed by atoms with Crippen molar-refractivity contribution in [2.24, 2.45) is 5.92 Å². The van der Waals surface area contributed by atoms with Gasteiger partial charge in [0.25, 0.3) is 0 Å².